The summed E-state index contributed by atoms with van der Waals surface area (Å²) in [4.78, 5) is 12.5. The summed E-state index contributed by atoms with van der Waals surface area (Å²) in [5, 5.41) is 12.2. The molecule has 0 spiro atoms. The van der Waals surface area contributed by atoms with Gasteiger partial charge < -0.3 is 19.5 Å². The van der Waals surface area contributed by atoms with Crippen LogP contribution in [0.3, 0.4) is 0 Å². The lowest BCUT2D eigenvalue weighted by Crippen LogP contribution is -2.13. The van der Waals surface area contributed by atoms with Crippen LogP contribution in [0, 0.1) is 21.8 Å². The summed E-state index contributed by atoms with van der Waals surface area (Å²) in [5.74, 6) is 1.71. The number of fused-ring (bicyclic) bond motifs is 1. The van der Waals surface area contributed by atoms with Crippen LogP contribution in [0.5, 0.6) is 17.2 Å². The van der Waals surface area contributed by atoms with Crippen molar-refractivity contribution in [3.63, 3.8) is 0 Å². The summed E-state index contributed by atoms with van der Waals surface area (Å²) in [6.45, 7) is 2.58. The monoisotopic (exact) mass is 538 g/mol. The Balaban J connectivity index is 1.43. The van der Waals surface area contributed by atoms with Gasteiger partial charge in [-0.25, -0.2) is 0 Å². The maximum absolute atomic E-state index is 12.5. The van der Waals surface area contributed by atoms with E-state index < -0.39 is 5.91 Å². The average Bonchev–Trinajstić information content (AvgIpc) is 3.26. The van der Waals surface area contributed by atoms with E-state index >= 15 is 0 Å². The lowest BCUT2D eigenvalue weighted by Gasteiger charge is -2.10. The first-order valence-corrected chi connectivity index (χ1v) is 10.9. The summed E-state index contributed by atoms with van der Waals surface area (Å²) in [7, 11) is 0. The number of ether oxygens (including phenoxy) is 3. The molecule has 1 N–H and O–H groups in total. The van der Waals surface area contributed by atoms with E-state index in [1.807, 2.05) is 61.5 Å². The maximum Gasteiger partial charge on any atom is 0.266 e. The van der Waals surface area contributed by atoms with E-state index in [4.69, 9.17) is 14.2 Å². The standard InChI is InChI=1S/C25H19IN2O4/c1-16-2-6-20(7-3-16)28-25(29)19(13-27)10-17-4-8-22(21(26)11-17)30-14-18-5-9-23-24(12-18)32-15-31-23/h2-12H,14-15H2,1H3,(H,28,29)/b19-10-. The molecule has 0 unspecified atom stereocenters. The third kappa shape index (κ3) is 5.21. The fourth-order valence-corrected chi connectivity index (χ4v) is 3.76. The number of aryl methyl sites for hydroxylation is 1. The van der Waals surface area contributed by atoms with Crippen molar-refractivity contribution >= 4 is 40.3 Å². The second kappa shape index (κ2) is 9.75. The van der Waals surface area contributed by atoms with Gasteiger partial charge in [0.05, 0.1) is 3.57 Å². The van der Waals surface area contributed by atoms with Gasteiger partial charge in [-0.2, -0.15) is 5.26 Å². The van der Waals surface area contributed by atoms with Gasteiger partial charge in [-0.3, -0.25) is 4.79 Å². The zero-order chi connectivity index (χ0) is 22.5. The first-order chi connectivity index (χ1) is 15.5. The number of hydrogen-bond donors (Lipinski definition) is 1. The highest BCUT2D eigenvalue weighted by Crippen LogP contribution is 2.33. The number of halogens is 1. The maximum atomic E-state index is 12.5. The molecule has 1 aliphatic heterocycles. The molecule has 0 atom stereocenters. The first-order valence-electron chi connectivity index (χ1n) is 9.82. The highest BCUT2D eigenvalue weighted by Gasteiger charge is 2.14. The lowest BCUT2D eigenvalue weighted by atomic mass is 10.1. The van der Waals surface area contributed by atoms with E-state index in [1.54, 1.807) is 18.2 Å². The normalized spacial score (nSPS) is 12.2. The Morgan fingerprint density at radius 3 is 2.66 bits per heavy atom. The van der Waals surface area contributed by atoms with Gasteiger partial charge in [-0.15, -0.1) is 0 Å². The minimum atomic E-state index is -0.450. The third-order valence-electron chi connectivity index (χ3n) is 4.77. The summed E-state index contributed by atoms with van der Waals surface area (Å²) < 4.78 is 17.5. The van der Waals surface area contributed by atoms with Gasteiger partial charge in [0.2, 0.25) is 6.79 Å². The highest BCUT2D eigenvalue weighted by atomic mass is 127. The molecule has 160 valence electrons. The fourth-order valence-electron chi connectivity index (χ4n) is 3.07. The molecule has 0 radical (unpaired) electrons. The van der Waals surface area contributed by atoms with Crippen LogP contribution >= 0.6 is 22.6 Å². The number of amides is 1. The number of nitriles is 1. The fraction of sp³-hybridized carbons (Fsp3) is 0.120. The largest absolute Gasteiger partial charge is 0.488 e. The second-order valence-electron chi connectivity index (χ2n) is 7.16. The van der Waals surface area contributed by atoms with Gasteiger partial charge in [0.25, 0.3) is 5.91 Å². The zero-order valence-electron chi connectivity index (χ0n) is 17.2. The van der Waals surface area contributed by atoms with Gasteiger partial charge in [0.15, 0.2) is 11.5 Å². The number of nitrogens with one attached hydrogen (secondary N) is 1. The number of carbonyl (C=O) groups excluding carboxylic acids is 1. The lowest BCUT2D eigenvalue weighted by molar-refractivity contribution is -0.112. The van der Waals surface area contributed by atoms with Crippen molar-refractivity contribution < 1.29 is 19.0 Å². The molecule has 0 saturated heterocycles. The summed E-state index contributed by atoms with van der Waals surface area (Å²) >= 11 is 2.17. The third-order valence-corrected chi connectivity index (χ3v) is 5.62. The van der Waals surface area contributed by atoms with Gasteiger partial charge in [-0.05, 0) is 83.1 Å². The quantitative estimate of drug-likeness (QED) is 0.257. The van der Waals surface area contributed by atoms with Crippen LogP contribution in [0.15, 0.2) is 66.2 Å². The van der Waals surface area contributed by atoms with E-state index in [-0.39, 0.29) is 12.4 Å². The van der Waals surface area contributed by atoms with Gasteiger partial charge in [-0.1, -0.05) is 29.8 Å². The van der Waals surface area contributed by atoms with Crippen molar-refractivity contribution in [1.29, 1.82) is 5.26 Å². The van der Waals surface area contributed by atoms with Crippen molar-refractivity contribution in [3.8, 4) is 23.3 Å². The molecule has 1 aliphatic rings. The number of hydrogen-bond acceptors (Lipinski definition) is 5. The van der Waals surface area contributed by atoms with Crippen molar-refractivity contribution in [1.82, 2.24) is 0 Å². The van der Waals surface area contributed by atoms with Crippen molar-refractivity contribution in [2.24, 2.45) is 0 Å². The predicted octanol–water partition coefficient (Wildman–Crippen LogP) is 5.45. The molecule has 1 heterocycles. The minimum Gasteiger partial charge on any atom is -0.488 e. The second-order valence-corrected chi connectivity index (χ2v) is 8.32. The molecule has 3 aromatic rings. The Labute approximate surface area is 199 Å². The van der Waals surface area contributed by atoms with Crippen LogP contribution in [0.2, 0.25) is 0 Å². The molecule has 0 bridgehead atoms. The van der Waals surface area contributed by atoms with E-state index in [2.05, 4.69) is 27.9 Å². The minimum absolute atomic E-state index is 0.0235. The summed E-state index contributed by atoms with van der Waals surface area (Å²) in [5.41, 5.74) is 3.46. The SMILES string of the molecule is Cc1ccc(NC(=O)/C(C#N)=C\c2ccc(OCc3ccc4c(c3)OCO4)c(I)c2)cc1. The van der Waals surface area contributed by atoms with Crippen LogP contribution in [0.25, 0.3) is 6.08 Å². The zero-order valence-corrected chi connectivity index (χ0v) is 19.4. The average molecular weight is 538 g/mol. The molecular weight excluding hydrogens is 519 g/mol. The van der Waals surface area contributed by atoms with Crippen LogP contribution in [0.4, 0.5) is 5.69 Å². The van der Waals surface area contributed by atoms with Crippen LogP contribution in [-0.2, 0) is 11.4 Å². The molecule has 32 heavy (non-hydrogen) atoms. The van der Waals surface area contributed by atoms with Crippen LogP contribution < -0.4 is 19.5 Å². The Morgan fingerprint density at radius 1 is 1.12 bits per heavy atom. The van der Waals surface area contributed by atoms with E-state index in [9.17, 15) is 10.1 Å². The van der Waals surface area contributed by atoms with Crippen LogP contribution in [0.1, 0.15) is 16.7 Å². The number of benzene rings is 3. The topological polar surface area (TPSA) is 80.6 Å². The number of anilines is 1. The van der Waals surface area contributed by atoms with Gasteiger partial charge >= 0.3 is 0 Å². The molecular formula is C25H19IN2O4. The number of rotatable bonds is 6. The summed E-state index contributed by atoms with van der Waals surface area (Å²) in [6.07, 6.45) is 1.56. The van der Waals surface area contributed by atoms with Gasteiger partial charge in [0.1, 0.15) is 24.0 Å². The number of nitrogens with zero attached hydrogens (tertiary/aromatic N) is 1. The molecule has 7 heteroatoms. The van der Waals surface area contributed by atoms with Crippen molar-refractivity contribution in [2.45, 2.75) is 13.5 Å². The Morgan fingerprint density at radius 2 is 1.91 bits per heavy atom. The summed E-state index contributed by atoms with van der Waals surface area (Å²) in [6, 6.07) is 20.6. The highest BCUT2D eigenvalue weighted by molar-refractivity contribution is 14.1. The molecule has 0 fully saturated rings. The molecule has 1 amide bonds. The van der Waals surface area contributed by atoms with E-state index in [0.29, 0.717) is 23.8 Å². The molecule has 4 rings (SSSR count). The Hall–Kier alpha value is -3.51. The first kappa shape index (κ1) is 21.7. The molecule has 6 nitrogen and oxygen atoms in total. The molecule has 0 aromatic heterocycles. The Kier molecular flexibility index (Phi) is 6.61. The molecule has 0 saturated carbocycles. The van der Waals surface area contributed by atoms with E-state index in [0.717, 1.165) is 26.0 Å². The molecule has 0 aliphatic carbocycles. The predicted molar refractivity (Wildman–Crippen MR) is 129 cm³/mol. The molecule has 3 aromatic carbocycles. The van der Waals surface area contributed by atoms with Crippen LogP contribution in [-0.4, -0.2) is 12.7 Å². The Bertz CT molecular complexity index is 1230. The van der Waals surface area contributed by atoms with Gasteiger partial charge in [0, 0.05) is 5.69 Å². The number of carbonyl (C=O) groups is 1. The van der Waals surface area contributed by atoms with E-state index in [1.165, 1.54) is 0 Å². The smallest absolute Gasteiger partial charge is 0.266 e. The van der Waals surface area contributed by atoms with Crippen molar-refractivity contribution in [3.05, 3.63) is 86.5 Å². The van der Waals surface area contributed by atoms with Crippen molar-refractivity contribution in [2.75, 3.05) is 12.1 Å².